The summed E-state index contributed by atoms with van der Waals surface area (Å²) in [6.07, 6.45) is 0.998. The molecule has 106 valence electrons. The maximum absolute atomic E-state index is 10.6. The first kappa shape index (κ1) is 14.8. The zero-order chi connectivity index (χ0) is 14.6. The standard InChI is InChI=1S/C18H22O2/c1-17(19,15-9-5-3-6-10-15)13-14-18(2,20)16-11-7-4-8-12-16/h3-12,19-20H,13-14H2,1-2H3/t17-,18-/m1/s1. The smallest absolute Gasteiger partial charge is 0.0869 e. The van der Waals surface area contributed by atoms with Crippen LogP contribution in [0.3, 0.4) is 0 Å². The van der Waals surface area contributed by atoms with Crippen LogP contribution in [0.25, 0.3) is 0 Å². The van der Waals surface area contributed by atoms with Crippen molar-refractivity contribution in [3.05, 3.63) is 71.8 Å². The summed E-state index contributed by atoms with van der Waals surface area (Å²) in [5, 5.41) is 21.2. The summed E-state index contributed by atoms with van der Waals surface area (Å²) in [7, 11) is 0. The fourth-order valence-electron chi connectivity index (χ4n) is 2.37. The third kappa shape index (κ3) is 3.47. The van der Waals surface area contributed by atoms with Gasteiger partial charge in [0.1, 0.15) is 0 Å². The molecule has 2 nitrogen and oxygen atoms in total. The molecule has 0 saturated carbocycles. The lowest BCUT2D eigenvalue weighted by molar-refractivity contribution is -0.00774. The van der Waals surface area contributed by atoms with Gasteiger partial charge in [0, 0.05) is 0 Å². The van der Waals surface area contributed by atoms with E-state index >= 15 is 0 Å². The molecule has 0 fully saturated rings. The highest BCUT2D eigenvalue weighted by atomic mass is 16.3. The molecule has 2 aromatic rings. The summed E-state index contributed by atoms with van der Waals surface area (Å²) in [6.45, 7) is 3.59. The normalized spacial score (nSPS) is 17.2. The van der Waals surface area contributed by atoms with E-state index in [0.29, 0.717) is 12.8 Å². The highest BCUT2D eigenvalue weighted by Gasteiger charge is 2.29. The van der Waals surface area contributed by atoms with E-state index in [0.717, 1.165) is 11.1 Å². The molecule has 2 aromatic carbocycles. The van der Waals surface area contributed by atoms with Crippen molar-refractivity contribution < 1.29 is 10.2 Å². The molecule has 0 aromatic heterocycles. The van der Waals surface area contributed by atoms with Crippen LogP contribution in [0.5, 0.6) is 0 Å². The van der Waals surface area contributed by atoms with Crippen LogP contribution in [0.1, 0.15) is 37.8 Å². The van der Waals surface area contributed by atoms with Crippen molar-refractivity contribution >= 4 is 0 Å². The van der Waals surface area contributed by atoms with Crippen molar-refractivity contribution in [2.75, 3.05) is 0 Å². The third-order valence-corrected chi connectivity index (χ3v) is 3.89. The lowest BCUT2D eigenvalue weighted by Gasteiger charge is -2.30. The summed E-state index contributed by atoms with van der Waals surface area (Å²) in [5.41, 5.74) is -0.104. The number of benzene rings is 2. The fraction of sp³-hybridized carbons (Fsp3) is 0.333. The van der Waals surface area contributed by atoms with E-state index in [-0.39, 0.29) is 0 Å². The van der Waals surface area contributed by atoms with Crippen LogP contribution in [0.2, 0.25) is 0 Å². The topological polar surface area (TPSA) is 40.5 Å². The first-order valence-corrected chi connectivity index (χ1v) is 6.98. The van der Waals surface area contributed by atoms with E-state index in [9.17, 15) is 10.2 Å². The minimum absolute atomic E-state index is 0.499. The predicted molar refractivity (Wildman–Crippen MR) is 81.3 cm³/mol. The molecule has 0 bridgehead atoms. The van der Waals surface area contributed by atoms with E-state index in [1.54, 1.807) is 13.8 Å². The Balaban J connectivity index is 2.08. The Hall–Kier alpha value is -1.64. The van der Waals surface area contributed by atoms with Crippen LogP contribution in [0.4, 0.5) is 0 Å². The second kappa shape index (κ2) is 5.78. The summed E-state index contributed by atoms with van der Waals surface area (Å²) < 4.78 is 0. The van der Waals surface area contributed by atoms with Crippen molar-refractivity contribution in [3.8, 4) is 0 Å². The average Bonchev–Trinajstić information content (AvgIpc) is 2.47. The lowest BCUT2D eigenvalue weighted by Crippen LogP contribution is -2.28. The van der Waals surface area contributed by atoms with Crippen molar-refractivity contribution in [1.29, 1.82) is 0 Å². The average molecular weight is 270 g/mol. The summed E-state index contributed by atoms with van der Waals surface area (Å²) in [4.78, 5) is 0. The lowest BCUT2D eigenvalue weighted by atomic mass is 9.84. The van der Waals surface area contributed by atoms with Crippen LogP contribution in [0, 0.1) is 0 Å². The summed E-state index contributed by atoms with van der Waals surface area (Å²) in [5.74, 6) is 0. The Bertz CT molecular complexity index is 478. The van der Waals surface area contributed by atoms with Gasteiger partial charge in [0.05, 0.1) is 11.2 Å². The molecule has 0 aliphatic rings. The van der Waals surface area contributed by atoms with Crippen LogP contribution in [0.15, 0.2) is 60.7 Å². The van der Waals surface area contributed by atoms with Gasteiger partial charge in [-0.3, -0.25) is 0 Å². The first-order valence-electron chi connectivity index (χ1n) is 6.98. The number of hydrogen-bond acceptors (Lipinski definition) is 2. The van der Waals surface area contributed by atoms with Crippen molar-refractivity contribution in [3.63, 3.8) is 0 Å². The van der Waals surface area contributed by atoms with Gasteiger partial charge in [0.2, 0.25) is 0 Å². The predicted octanol–water partition coefficient (Wildman–Crippen LogP) is 3.58. The number of aliphatic hydroxyl groups is 2. The molecule has 2 N–H and O–H groups in total. The molecule has 0 saturated heterocycles. The van der Waals surface area contributed by atoms with E-state index in [4.69, 9.17) is 0 Å². The molecule has 2 atom stereocenters. The highest BCUT2D eigenvalue weighted by Crippen LogP contribution is 2.33. The van der Waals surface area contributed by atoms with E-state index < -0.39 is 11.2 Å². The van der Waals surface area contributed by atoms with Crippen LogP contribution >= 0.6 is 0 Å². The van der Waals surface area contributed by atoms with Gasteiger partial charge in [-0.25, -0.2) is 0 Å². The maximum atomic E-state index is 10.6. The Labute approximate surface area is 120 Å². The van der Waals surface area contributed by atoms with Crippen molar-refractivity contribution in [1.82, 2.24) is 0 Å². The van der Waals surface area contributed by atoms with Gasteiger partial charge >= 0.3 is 0 Å². The molecule has 20 heavy (non-hydrogen) atoms. The van der Waals surface area contributed by atoms with Gasteiger partial charge in [-0.15, -0.1) is 0 Å². The Morgan fingerprint density at radius 3 is 1.25 bits per heavy atom. The summed E-state index contributed by atoms with van der Waals surface area (Å²) >= 11 is 0. The highest BCUT2D eigenvalue weighted by molar-refractivity contribution is 5.23. The second-order valence-corrected chi connectivity index (χ2v) is 5.78. The Kier molecular flexibility index (Phi) is 4.26. The van der Waals surface area contributed by atoms with Crippen LogP contribution in [-0.2, 0) is 11.2 Å². The minimum Gasteiger partial charge on any atom is -0.385 e. The minimum atomic E-state index is -0.931. The number of hydrogen-bond donors (Lipinski definition) is 2. The zero-order valence-electron chi connectivity index (χ0n) is 12.1. The first-order chi connectivity index (χ1) is 9.42. The molecule has 2 rings (SSSR count). The molecule has 0 aliphatic heterocycles. The SMILES string of the molecule is C[C@@](O)(CC[C@@](C)(O)c1ccccc1)c1ccccc1. The van der Waals surface area contributed by atoms with Gasteiger partial charge in [-0.2, -0.15) is 0 Å². The Morgan fingerprint density at radius 1 is 0.650 bits per heavy atom. The molecule has 0 aliphatic carbocycles. The fourth-order valence-corrected chi connectivity index (χ4v) is 2.37. The van der Waals surface area contributed by atoms with E-state index in [1.165, 1.54) is 0 Å². The molecule has 0 radical (unpaired) electrons. The van der Waals surface area contributed by atoms with Gasteiger partial charge < -0.3 is 10.2 Å². The second-order valence-electron chi connectivity index (χ2n) is 5.78. The molecule has 0 heterocycles. The number of rotatable bonds is 5. The zero-order valence-corrected chi connectivity index (χ0v) is 12.1. The molecular formula is C18H22O2. The van der Waals surface area contributed by atoms with Gasteiger partial charge in [-0.05, 0) is 37.8 Å². The quantitative estimate of drug-likeness (QED) is 0.871. The van der Waals surface area contributed by atoms with Crippen molar-refractivity contribution in [2.45, 2.75) is 37.9 Å². The molecule has 0 amide bonds. The molecular weight excluding hydrogens is 248 g/mol. The monoisotopic (exact) mass is 270 g/mol. The molecule has 0 unspecified atom stereocenters. The van der Waals surface area contributed by atoms with E-state index in [2.05, 4.69) is 0 Å². The van der Waals surface area contributed by atoms with Gasteiger partial charge in [0.15, 0.2) is 0 Å². The van der Waals surface area contributed by atoms with Crippen LogP contribution in [-0.4, -0.2) is 10.2 Å². The van der Waals surface area contributed by atoms with E-state index in [1.807, 2.05) is 60.7 Å². The maximum Gasteiger partial charge on any atom is 0.0869 e. The largest absolute Gasteiger partial charge is 0.385 e. The van der Waals surface area contributed by atoms with Gasteiger partial charge in [-0.1, -0.05) is 60.7 Å². The molecule has 0 spiro atoms. The Morgan fingerprint density at radius 2 is 0.950 bits per heavy atom. The summed E-state index contributed by atoms with van der Waals surface area (Å²) in [6, 6.07) is 19.2. The van der Waals surface area contributed by atoms with Gasteiger partial charge in [0.25, 0.3) is 0 Å². The molecule has 2 heteroatoms. The third-order valence-electron chi connectivity index (χ3n) is 3.89. The van der Waals surface area contributed by atoms with Crippen molar-refractivity contribution in [2.24, 2.45) is 0 Å². The van der Waals surface area contributed by atoms with Crippen LogP contribution < -0.4 is 0 Å².